The number of hydrogen-bond donors (Lipinski definition) is 0. The van der Waals surface area contributed by atoms with Crippen LogP contribution in [0, 0.1) is 5.41 Å². The fourth-order valence-electron chi connectivity index (χ4n) is 5.07. The highest BCUT2D eigenvalue weighted by Gasteiger charge is 2.47. The molecule has 2 heterocycles. The van der Waals surface area contributed by atoms with Crippen LogP contribution in [-0.4, -0.2) is 63.7 Å². The maximum atomic E-state index is 13.3. The third kappa shape index (κ3) is 5.58. The van der Waals surface area contributed by atoms with Crippen molar-refractivity contribution in [2.24, 2.45) is 5.41 Å². The number of nitrogens with zero attached hydrogens (tertiary/aromatic N) is 2. The zero-order valence-corrected chi connectivity index (χ0v) is 20.4. The van der Waals surface area contributed by atoms with Crippen LogP contribution in [0.5, 0.6) is 5.75 Å². The van der Waals surface area contributed by atoms with Crippen molar-refractivity contribution in [3.05, 3.63) is 59.7 Å². The van der Waals surface area contributed by atoms with Gasteiger partial charge in [-0.1, -0.05) is 24.3 Å². The molecule has 2 aliphatic heterocycles. The summed E-state index contributed by atoms with van der Waals surface area (Å²) in [5.74, 6) is 1.16. The lowest BCUT2D eigenvalue weighted by Crippen LogP contribution is -2.44. The SMILES string of the molecule is COc1ccc(CCCN2CCC3(CC2)CCN(Cc2ccc(S(C)(=O)=O)cc2)C3=O)cc1. The summed E-state index contributed by atoms with van der Waals surface area (Å²) in [4.78, 5) is 18.0. The molecular weight excluding hydrogens is 436 g/mol. The van der Waals surface area contributed by atoms with Crippen LogP contribution in [0.4, 0.5) is 0 Å². The van der Waals surface area contributed by atoms with Gasteiger partial charge in [-0.2, -0.15) is 0 Å². The van der Waals surface area contributed by atoms with Crippen molar-refractivity contribution in [3.8, 4) is 5.75 Å². The van der Waals surface area contributed by atoms with Crippen molar-refractivity contribution in [1.29, 1.82) is 0 Å². The molecule has 33 heavy (non-hydrogen) atoms. The smallest absolute Gasteiger partial charge is 0.229 e. The predicted molar refractivity (Wildman–Crippen MR) is 129 cm³/mol. The fourth-order valence-corrected chi connectivity index (χ4v) is 5.70. The average molecular weight is 471 g/mol. The first-order valence-corrected chi connectivity index (χ1v) is 13.6. The number of ether oxygens (including phenoxy) is 1. The largest absolute Gasteiger partial charge is 0.497 e. The lowest BCUT2D eigenvalue weighted by Gasteiger charge is -2.38. The number of carbonyl (C=O) groups excluding carboxylic acids is 1. The van der Waals surface area contributed by atoms with Gasteiger partial charge >= 0.3 is 0 Å². The molecule has 6 nitrogen and oxygen atoms in total. The van der Waals surface area contributed by atoms with E-state index in [1.807, 2.05) is 29.2 Å². The van der Waals surface area contributed by atoms with Gasteiger partial charge in [0.2, 0.25) is 5.91 Å². The van der Waals surface area contributed by atoms with Gasteiger partial charge in [-0.05, 0) is 87.1 Å². The van der Waals surface area contributed by atoms with Crippen LogP contribution >= 0.6 is 0 Å². The minimum absolute atomic E-state index is 0.209. The molecule has 0 bridgehead atoms. The lowest BCUT2D eigenvalue weighted by molar-refractivity contribution is -0.138. The van der Waals surface area contributed by atoms with Crippen molar-refractivity contribution in [2.75, 3.05) is 39.5 Å². The fraction of sp³-hybridized carbons (Fsp3) is 0.500. The first-order chi connectivity index (χ1) is 15.8. The zero-order valence-electron chi connectivity index (χ0n) is 19.6. The van der Waals surface area contributed by atoms with Gasteiger partial charge in [-0.25, -0.2) is 8.42 Å². The summed E-state index contributed by atoms with van der Waals surface area (Å²) < 4.78 is 28.5. The number of hydrogen-bond acceptors (Lipinski definition) is 5. The van der Waals surface area contributed by atoms with Crippen LogP contribution in [0.3, 0.4) is 0 Å². The van der Waals surface area contributed by atoms with E-state index in [1.54, 1.807) is 19.2 Å². The van der Waals surface area contributed by atoms with Crippen molar-refractivity contribution in [1.82, 2.24) is 9.80 Å². The molecule has 2 aromatic carbocycles. The van der Waals surface area contributed by atoms with Gasteiger partial charge in [-0.3, -0.25) is 4.79 Å². The van der Waals surface area contributed by atoms with Gasteiger partial charge in [0.15, 0.2) is 9.84 Å². The summed E-state index contributed by atoms with van der Waals surface area (Å²) >= 11 is 0. The topological polar surface area (TPSA) is 66.9 Å². The summed E-state index contributed by atoms with van der Waals surface area (Å²) in [5, 5.41) is 0. The van der Waals surface area contributed by atoms with Crippen LogP contribution in [-0.2, 0) is 27.6 Å². The van der Waals surface area contributed by atoms with E-state index in [2.05, 4.69) is 17.0 Å². The number of sulfone groups is 1. The molecule has 7 heteroatoms. The van der Waals surface area contributed by atoms with Crippen LogP contribution in [0.1, 0.15) is 36.8 Å². The zero-order chi connectivity index (χ0) is 23.5. The summed E-state index contributed by atoms with van der Waals surface area (Å²) in [6.07, 6.45) is 6.16. The summed E-state index contributed by atoms with van der Waals surface area (Å²) in [6, 6.07) is 15.2. The number of carbonyl (C=O) groups is 1. The third-order valence-electron chi connectivity index (χ3n) is 7.24. The molecule has 2 aromatic rings. The molecule has 1 amide bonds. The summed E-state index contributed by atoms with van der Waals surface area (Å²) in [6.45, 7) is 4.35. The number of methoxy groups -OCH3 is 1. The Hall–Kier alpha value is -2.38. The third-order valence-corrected chi connectivity index (χ3v) is 8.37. The molecule has 178 valence electrons. The number of likely N-dealkylation sites (tertiary alicyclic amines) is 2. The van der Waals surface area contributed by atoms with E-state index in [0.29, 0.717) is 11.4 Å². The Morgan fingerprint density at radius 3 is 2.12 bits per heavy atom. The minimum Gasteiger partial charge on any atom is -0.497 e. The van der Waals surface area contributed by atoms with Crippen LogP contribution in [0.2, 0.25) is 0 Å². The Bertz CT molecular complexity index is 1060. The van der Waals surface area contributed by atoms with Crippen molar-refractivity contribution in [2.45, 2.75) is 43.5 Å². The van der Waals surface area contributed by atoms with Gasteiger partial charge < -0.3 is 14.5 Å². The van der Waals surface area contributed by atoms with Crippen LogP contribution in [0.15, 0.2) is 53.4 Å². The molecule has 0 radical (unpaired) electrons. The standard InChI is InChI=1S/C26H34N2O4S/c1-32-23-9-5-21(6-10-23)4-3-16-27-17-13-26(14-18-27)15-19-28(25(26)29)20-22-7-11-24(12-8-22)33(2,30)31/h5-12H,3-4,13-20H2,1-2H3. The highest BCUT2D eigenvalue weighted by molar-refractivity contribution is 7.90. The predicted octanol–water partition coefficient (Wildman–Crippen LogP) is 3.55. The molecule has 4 rings (SSSR count). The van der Waals surface area contributed by atoms with E-state index in [1.165, 1.54) is 11.8 Å². The Morgan fingerprint density at radius 1 is 0.909 bits per heavy atom. The van der Waals surface area contributed by atoms with Gasteiger partial charge in [0, 0.05) is 19.3 Å². The lowest BCUT2D eigenvalue weighted by atomic mass is 9.77. The Kier molecular flexibility index (Phi) is 7.10. The van der Waals surface area contributed by atoms with Gasteiger partial charge in [0.1, 0.15) is 5.75 Å². The normalized spacial score (nSPS) is 18.7. The van der Waals surface area contributed by atoms with E-state index in [4.69, 9.17) is 4.74 Å². The number of aryl methyl sites for hydroxylation is 1. The average Bonchev–Trinajstić information content (AvgIpc) is 3.10. The van der Waals surface area contributed by atoms with E-state index in [-0.39, 0.29) is 11.3 Å². The molecular formula is C26H34N2O4S. The second kappa shape index (κ2) is 9.85. The van der Waals surface area contributed by atoms with Crippen LogP contribution in [0.25, 0.3) is 0 Å². The van der Waals surface area contributed by atoms with Crippen molar-refractivity contribution in [3.63, 3.8) is 0 Å². The highest BCUT2D eigenvalue weighted by atomic mass is 32.2. The minimum atomic E-state index is -3.20. The molecule has 2 saturated heterocycles. The Balaban J connectivity index is 1.24. The number of amides is 1. The summed E-state index contributed by atoms with van der Waals surface area (Å²) in [7, 11) is -1.52. The van der Waals surface area contributed by atoms with E-state index >= 15 is 0 Å². The second-order valence-corrected chi connectivity index (χ2v) is 11.5. The molecule has 2 fully saturated rings. The number of benzene rings is 2. The van der Waals surface area contributed by atoms with Gasteiger partial charge in [-0.15, -0.1) is 0 Å². The molecule has 0 saturated carbocycles. The van der Waals surface area contributed by atoms with Crippen molar-refractivity contribution >= 4 is 15.7 Å². The second-order valence-electron chi connectivity index (χ2n) is 9.47. The molecule has 0 aromatic heterocycles. The molecule has 0 aliphatic carbocycles. The molecule has 0 atom stereocenters. The monoisotopic (exact) mass is 470 g/mol. The maximum Gasteiger partial charge on any atom is 0.229 e. The molecule has 0 N–H and O–H groups in total. The number of piperidine rings is 1. The van der Waals surface area contributed by atoms with E-state index < -0.39 is 9.84 Å². The van der Waals surface area contributed by atoms with E-state index in [9.17, 15) is 13.2 Å². The van der Waals surface area contributed by atoms with Crippen LogP contribution < -0.4 is 4.74 Å². The number of rotatable bonds is 8. The molecule has 1 spiro atoms. The highest BCUT2D eigenvalue weighted by Crippen LogP contribution is 2.42. The van der Waals surface area contributed by atoms with E-state index in [0.717, 1.165) is 69.6 Å². The Morgan fingerprint density at radius 2 is 1.52 bits per heavy atom. The van der Waals surface area contributed by atoms with Gasteiger partial charge in [0.05, 0.1) is 17.4 Å². The maximum absolute atomic E-state index is 13.3. The molecule has 0 unspecified atom stereocenters. The van der Waals surface area contributed by atoms with Gasteiger partial charge in [0.25, 0.3) is 0 Å². The first kappa shape index (κ1) is 23.8. The Labute approximate surface area is 197 Å². The molecule has 2 aliphatic rings. The summed E-state index contributed by atoms with van der Waals surface area (Å²) in [5.41, 5.74) is 2.10. The quantitative estimate of drug-likeness (QED) is 0.590. The van der Waals surface area contributed by atoms with Crippen molar-refractivity contribution < 1.29 is 17.9 Å². The first-order valence-electron chi connectivity index (χ1n) is 11.7.